The third-order valence-electron chi connectivity index (χ3n) is 4.80. The maximum absolute atomic E-state index is 9.94. The van der Waals surface area contributed by atoms with Gasteiger partial charge in [-0.1, -0.05) is 19.1 Å². The molecule has 98 valence electrons. The molecule has 1 saturated heterocycles. The first-order chi connectivity index (χ1) is 8.66. The van der Waals surface area contributed by atoms with Crippen LogP contribution in [0.15, 0.2) is 18.2 Å². The molecule has 1 N–H and O–H groups in total. The molecule has 2 aliphatic rings. The molecule has 1 aromatic rings. The minimum atomic E-state index is 0.494. The molecule has 0 amide bonds. The summed E-state index contributed by atoms with van der Waals surface area (Å²) in [7, 11) is 0. The van der Waals surface area contributed by atoms with Gasteiger partial charge in [-0.3, -0.25) is 4.90 Å². The van der Waals surface area contributed by atoms with Crippen molar-refractivity contribution in [2.45, 2.75) is 51.6 Å². The fraction of sp³-hybridized carbons (Fsp3) is 0.625. The Morgan fingerprint density at radius 1 is 1.22 bits per heavy atom. The molecule has 2 nitrogen and oxygen atoms in total. The quantitative estimate of drug-likeness (QED) is 0.818. The lowest BCUT2D eigenvalue weighted by molar-refractivity contribution is 0.0817. The molecule has 1 heterocycles. The summed E-state index contributed by atoms with van der Waals surface area (Å²) >= 11 is 0. The SMILES string of the molecule is CC1CCN(C2CCc3c(O)cccc32)C(C)C1. The minimum Gasteiger partial charge on any atom is -0.508 e. The number of benzene rings is 1. The van der Waals surface area contributed by atoms with Gasteiger partial charge in [-0.05, 0) is 62.3 Å². The van der Waals surface area contributed by atoms with Crippen LogP contribution in [0.5, 0.6) is 5.75 Å². The molecule has 18 heavy (non-hydrogen) atoms. The molecule has 0 spiro atoms. The van der Waals surface area contributed by atoms with Gasteiger partial charge < -0.3 is 5.11 Å². The Labute approximate surface area is 110 Å². The van der Waals surface area contributed by atoms with Gasteiger partial charge in [-0.2, -0.15) is 0 Å². The van der Waals surface area contributed by atoms with Gasteiger partial charge in [0, 0.05) is 12.1 Å². The van der Waals surface area contributed by atoms with Crippen molar-refractivity contribution in [1.29, 1.82) is 0 Å². The van der Waals surface area contributed by atoms with Gasteiger partial charge in [0.05, 0.1) is 0 Å². The van der Waals surface area contributed by atoms with E-state index in [4.69, 9.17) is 0 Å². The summed E-state index contributed by atoms with van der Waals surface area (Å²) in [6.07, 6.45) is 4.83. The molecule has 1 aliphatic heterocycles. The maximum Gasteiger partial charge on any atom is 0.119 e. The number of phenols is 1. The van der Waals surface area contributed by atoms with Crippen molar-refractivity contribution in [1.82, 2.24) is 4.90 Å². The molecular weight excluding hydrogens is 222 g/mol. The number of aromatic hydroxyl groups is 1. The summed E-state index contributed by atoms with van der Waals surface area (Å²) in [6, 6.07) is 7.23. The van der Waals surface area contributed by atoms with Gasteiger partial charge in [0.1, 0.15) is 5.75 Å². The van der Waals surface area contributed by atoms with Crippen molar-refractivity contribution >= 4 is 0 Å². The van der Waals surface area contributed by atoms with Crippen LogP contribution in [-0.4, -0.2) is 22.6 Å². The smallest absolute Gasteiger partial charge is 0.119 e. The average Bonchev–Trinajstić information content (AvgIpc) is 2.74. The van der Waals surface area contributed by atoms with Crippen LogP contribution < -0.4 is 0 Å². The lowest BCUT2D eigenvalue weighted by Crippen LogP contribution is -2.41. The monoisotopic (exact) mass is 245 g/mol. The highest BCUT2D eigenvalue weighted by molar-refractivity contribution is 5.44. The number of piperidine rings is 1. The van der Waals surface area contributed by atoms with Gasteiger partial charge in [-0.15, -0.1) is 0 Å². The highest BCUT2D eigenvalue weighted by Gasteiger charge is 2.34. The summed E-state index contributed by atoms with van der Waals surface area (Å²) in [5.74, 6) is 1.36. The van der Waals surface area contributed by atoms with E-state index in [1.54, 1.807) is 0 Å². The van der Waals surface area contributed by atoms with Crippen molar-refractivity contribution in [3.63, 3.8) is 0 Å². The first-order valence-electron chi connectivity index (χ1n) is 7.23. The van der Waals surface area contributed by atoms with Crippen LogP contribution in [0.25, 0.3) is 0 Å². The van der Waals surface area contributed by atoms with E-state index in [0.717, 1.165) is 12.3 Å². The molecule has 3 rings (SSSR count). The first-order valence-corrected chi connectivity index (χ1v) is 7.23. The average molecular weight is 245 g/mol. The van der Waals surface area contributed by atoms with E-state index >= 15 is 0 Å². The van der Waals surface area contributed by atoms with Gasteiger partial charge in [-0.25, -0.2) is 0 Å². The fourth-order valence-electron chi connectivity index (χ4n) is 3.85. The van der Waals surface area contributed by atoms with E-state index in [1.165, 1.54) is 36.9 Å². The number of hydrogen-bond donors (Lipinski definition) is 1. The Kier molecular flexibility index (Phi) is 3.06. The van der Waals surface area contributed by atoms with Crippen molar-refractivity contribution in [3.05, 3.63) is 29.3 Å². The predicted molar refractivity (Wildman–Crippen MR) is 73.7 cm³/mol. The zero-order chi connectivity index (χ0) is 12.7. The lowest BCUT2D eigenvalue weighted by atomic mass is 9.91. The molecule has 3 unspecified atom stereocenters. The van der Waals surface area contributed by atoms with Crippen molar-refractivity contribution < 1.29 is 5.11 Å². The van der Waals surface area contributed by atoms with E-state index in [9.17, 15) is 5.11 Å². The number of likely N-dealkylation sites (tertiary alicyclic amines) is 1. The van der Waals surface area contributed by atoms with Gasteiger partial charge >= 0.3 is 0 Å². The molecule has 2 heteroatoms. The molecule has 1 aromatic carbocycles. The van der Waals surface area contributed by atoms with E-state index < -0.39 is 0 Å². The molecule has 0 radical (unpaired) electrons. The lowest BCUT2D eigenvalue weighted by Gasteiger charge is -2.40. The molecule has 0 aromatic heterocycles. The molecule has 1 fully saturated rings. The van der Waals surface area contributed by atoms with E-state index in [-0.39, 0.29) is 0 Å². The molecule has 1 aliphatic carbocycles. The summed E-state index contributed by atoms with van der Waals surface area (Å²) in [4.78, 5) is 2.66. The third-order valence-corrected chi connectivity index (χ3v) is 4.80. The zero-order valence-electron chi connectivity index (χ0n) is 11.4. The van der Waals surface area contributed by atoms with Crippen LogP contribution in [-0.2, 0) is 6.42 Å². The zero-order valence-corrected chi connectivity index (χ0v) is 11.4. The standard InChI is InChI=1S/C16H23NO/c1-11-8-9-17(12(2)10-11)15-7-6-14-13(15)4-3-5-16(14)18/h3-5,11-12,15,18H,6-10H2,1-2H3. The second-order valence-corrected chi connectivity index (χ2v) is 6.12. The van der Waals surface area contributed by atoms with Crippen LogP contribution in [0, 0.1) is 5.92 Å². The van der Waals surface area contributed by atoms with Crippen molar-refractivity contribution in [3.8, 4) is 5.75 Å². The van der Waals surface area contributed by atoms with Gasteiger partial charge in [0.15, 0.2) is 0 Å². The van der Waals surface area contributed by atoms with E-state index in [1.807, 2.05) is 12.1 Å². The van der Waals surface area contributed by atoms with Crippen LogP contribution in [0.3, 0.4) is 0 Å². The highest BCUT2D eigenvalue weighted by atomic mass is 16.3. The molecular formula is C16H23NO. The van der Waals surface area contributed by atoms with E-state index in [0.29, 0.717) is 17.8 Å². The summed E-state index contributed by atoms with van der Waals surface area (Å²) in [5.41, 5.74) is 2.56. The second-order valence-electron chi connectivity index (χ2n) is 6.12. The molecule has 0 saturated carbocycles. The highest BCUT2D eigenvalue weighted by Crippen LogP contribution is 2.42. The second kappa shape index (κ2) is 4.58. The normalized spacial score (nSPS) is 32.4. The topological polar surface area (TPSA) is 23.5 Å². The summed E-state index contributed by atoms with van der Waals surface area (Å²) in [5, 5.41) is 9.94. The predicted octanol–water partition coefficient (Wildman–Crippen LogP) is 3.50. The third kappa shape index (κ3) is 1.93. The summed E-state index contributed by atoms with van der Waals surface area (Å²) < 4.78 is 0. The number of rotatable bonds is 1. The summed E-state index contributed by atoms with van der Waals surface area (Å²) in [6.45, 7) is 5.93. The van der Waals surface area contributed by atoms with Crippen LogP contribution >= 0.6 is 0 Å². The Hall–Kier alpha value is -1.02. The first kappa shape index (κ1) is 12.0. The Morgan fingerprint density at radius 2 is 2.06 bits per heavy atom. The molecule has 3 atom stereocenters. The number of nitrogens with zero attached hydrogens (tertiary/aromatic N) is 1. The Balaban J connectivity index is 1.86. The van der Waals surface area contributed by atoms with Gasteiger partial charge in [0.25, 0.3) is 0 Å². The van der Waals surface area contributed by atoms with E-state index in [2.05, 4.69) is 24.8 Å². The number of hydrogen-bond acceptors (Lipinski definition) is 2. The largest absolute Gasteiger partial charge is 0.508 e. The Bertz CT molecular complexity index is 443. The van der Waals surface area contributed by atoms with Crippen molar-refractivity contribution in [2.24, 2.45) is 5.92 Å². The maximum atomic E-state index is 9.94. The van der Waals surface area contributed by atoms with Crippen LogP contribution in [0.2, 0.25) is 0 Å². The number of fused-ring (bicyclic) bond motifs is 1. The van der Waals surface area contributed by atoms with Gasteiger partial charge in [0.2, 0.25) is 0 Å². The van der Waals surface area contributed by atoms with Crippen LogP contribution in [0.4, 0.5) is 0 Å². The number of phenolic OH excluding ortho intramolecular Hbond substituents is 1. The Morgan fingerprint density at radius 3 is 2.83 bits per heavy atom. The molecule has 0 bridgehead atoms. The van der Waals surface area contributed by atoms with Crippen molar-refractivity contribution in [2.75, 3.05) is 6.54 Å². The van der Waals surface area contributed by atoms with Crippen LogP contribution in [0.1, 0.15) is 50.3 Å². The fourth-order valence-corrected chi connectivity index (χ4v) is 3.85. The minimum absolute atomic E-state index is 0.494.